The predicted octanol–water partition coefficient (Wildman–Crippen LogP) is 1.71. The number of carbonyl (C=O) groups is 1. The second-order valence-corrected chi connectivity index (χ2v) is 6.99. The van der Waals surface area contributed by atoms with Gasteiger partial charge in [0.05, 0.1) is 11.8 Å². The number of aromatic nitrogens is 1. The molecule has 0 aliphatic carbocycles. The number of aromatic carboxylic acids is 1. The Labute approximate surface area is 149 Å². The van der Waals surface area contributed by atoms with Crippen molar-refractivity contribution in [3.05, 3.63) is 40.4 Å². The van der Waals surface area contributed by atoms with Gasteiger partial charge in [0.1, 0.15) is 11.3 Å². The summed E-state index contributed by atoms with van der Waals surface area (Å²) in [5, 5.41) is 32.1. The molecule has 1 saturated heterocycles. The van der Waals surface area contributed by atoms with Crippen LogP contribution in [0.2, 0.25) is 0 Å². The van der Waals surface area contributed by atoms with E-state index in [1.807, 2.05) is 12.3 Å². The number of rotatable bonds is 5. The number of hydrogen-bond donors (Lipinski definition) is 3. The number of aliphatic hydroxyl groups is 1. The first-order valence-corrected chi connectivity index (χ1v) is 8.95. The molecule has 3 N–H and O–H groups in total. The van der Waals surface area contributed by atoms with Crippen LogP contribution in [0.25, 0.3) is 0 Å². The number of hydrogen-bond acceptors (Lipinski definition) is 7. The number of aliphatic hydroxyl groups excluding tert-OH is 1. The summed E-state index contributed by atoms with van der Waals surface area (Å²) in [6.07, 6.45) is -0.799. The Kier molecular flexibility index (Phi) is 5.22. The van der Waals surface area contributed by atoms with E-state index in [9.17, 15) is 15.0 Å². The number of phenols is 1. The monoisotopic (exact) mass is 363 g/mol. The van der Waals surface area contributed by atoms with Gasteiger partial charge in [0.2, 0.25) is 0 Å². The number of benzene rings is 1. The van der Waals surface area contributed by atoms with Crippen LogP contribution in [0.4, 0.5) is 5.13 Å². The highest BCUT2D eigenvalue weighted by Crippen LogP contribution is 2.25. The van der Waals surface area contributed by atoms with E-state index in [1.165, 1.54) is 12.1 Å². The van der Waals surface area contributed by atoms with Crippen molar-refractivity contribution in [2.75, 3.05) is 37.6 Å². The Balaban J connectivity index is 1.58. The summed E-state index contributed by atoms with van der Waals surface area (Å²) in [7, 11) is 0. The van der Waals surface area contributed by atoms with Crippen LogP contribution in [0.3, 0.4) is 0 Å². The van der Waals surface area contributed by atoms with Crippen LogP contribution in [0, 0.1) is 6.92 Å². The second kappa shape index (κ2) is 7.38. The molecular weight excluding hydrogens is 342 g/mol. The summed E-state index contributed by atoms with van der Waals surface area (Å²) in [6, 6.07) is 4.20. The molecule has 8 heteroatoms. The molecular formula is C17H21N3O4S. The molecule has 1 aromatic heterocycles. The van der Waals surface area contributed by atoms with Crippen molar-refractivity contribution >= 4 is 22.4 Å². The molecule has 7 nitrogen and oxygen atoms in total. The van der Waals surface area contributed by atoms with E-state index < -0.39 is 12.1 Å². The first-order chi connectivity index (χ1) is 11.9. The topological polar surface area (TPSA) is 97.1 Å². The molecule has 1 fully saturated rings. The van der Waals surface area contributed by atoms with Gasteiger partial charge in [-0.2, -0.15) is 0 Å². The third-order valence-electron chi connectivity index (χ3n) is 4.32. The number of aryl methyl sites for hydroxylation is 1. The zero-order chi connectivity index (χ0) is 18.0. The predicted molar refractivity (Wildman–Crippen MR) is 95.5 cm³/mol. The fourth-order valence-electron chi connectivity index (χ4n) is 2.89. The number of thiazole rings is 1. The Hall–Kier alpha value is -2.16. The minimum absolute atomic E-state index is 0.194. The maximum Gasteiger partial charge on any atom is 0.339 e. The lowest BCUT2D eigenvalue weighted by atomic mass is 10.0. The lowest BCUT2D eigenvalue weighted by molar-refractivity contribution is 0.0693. The zero-order valence-corrected chi connectivity index (χ0v) is 14.7. The maximum absolute atomic E-state index is 11.1. The number of carboxylic acid groups (broad SMARTS) is 1. The quantitative estimate of drug-likeness (QED) is 0.744. The largest absolute Gasteiger partial charge is 0.507 e. The van der Waals surface area contributed by atoms with Crippen molar-refractivity contribution in [1.29, 1.82) is 0 Å². The highest BCUT2D eigenvalue weighted by atomic mass is 32.1. The zero-order valence-electron chi connectivity index (χ0n) is 13.9. The summed E-state index contributed by atoms with van der Waals surface area (Å²) in [5.74, 6) is -1.50. The van der Waals surface area contributed by atoms with Gasteiger partial charge in [0, 0.05) is 38.1 Å². The summed E-state index contributed by atoms with van der Waals surface area (Å²) in [6.45, 7) is 5.70. The SMILES string of the molecule is Cc1csc(N2CCN(CC(O)c3ccc(O)c(C(=O)O)c3)CC2)n1. The molecule has 2 heterocycles. The third-order valence-corrected chi connectivity index (χ3v) is 5.34. The number of anilines is 1. The molecule has 1 unspecified atom stereocenters. The molecule has 0 saturated carbocycles. The van der Waals surface area contributed by atoms with Gasteiger partial charge in [-0.15, -0.1) is 11.3 Å². The Bertz CT molecular complexity index is 756. The highest BCUT2D eigenvalue weighted by molar-refractivity contribution is 7.13. The van der Waals surface area contributed by atoms with E-state index in [-0.39, 0.29) is 11.3 Å². The van der Waals surface area contributed by atoms with Crippen LogP contribution < -0.4 is 4.90 Å². The fraction of sp³-hybridized carbons (Fsp3) is 0.412. The van der Waals surface area contributed by atoms with E-state index in [1.54, 1.807) is 17.4 Å². The molecule has 25 heavy (non-hydrogen) atoms. The molecule has 1 aromatic carbocycles. The molecule has 1 aliphatic rings. The molecule has 1 atom stereocenters. The molecule has 1 aliphatic heterocycles. The van der Waals surface area contributed by atoms with Gasteiger partial charge < -0.3 is 20.2 Å². The van der Waals surface area contributed by atoms with E-state index in [2.05, 4.69) is 14.8 Å². The van der Waals surface area contributed by atoms with Crippen molar-refractivity contribution in [3.8, 4) is 5.75 Å². The number of nitrogens with zero attached hydrogens (tertiary/aromatic N) is 3. The number of carboxylic acids is 1. The first-order valence-electron chi connectivity index (χ1n) is 8.07. The van der Waals surface area contributed by atoms with Crippen LogP contribution in [0.1, 0.15) is 27.7 Å². The van der Waals surface area contributed by atoms with E-state index in [0.717, 1.165) is 37.0 Å². The summed E-state index contributed by atoms with van der Waals surface area (Å²) >= 11 is 1.64. The molecule has 134 valence electrons. The van der Waals surface area contributed by atoms with E-state index >= 15 is 0 Å². The lowest BCUT2D eigenvalue weighted by Gasteiger charge is -2.35. The molecule has 0 spiro atoms. The molecule has 0 radical (unpaired) electrons. The van der Waals surface area contributed by atoms with Crippen LogP contribution in [-0.2, 0) is 0 Å². The lowest BCUT2D eigenvalue weighted by Crippen LogP contribution is -2.47. The highest BCUT2D eigenvalue weighted by Gasteiger charge is 2.22. The van der Waals surface area contributed by atoms with Gasteiger partial charge >= 0.3 is 5.97 Å². The Morgan fingerprint density at radius 3 is 2.64 bits per heavy atom. The third kappa shape index (κ3) is 4.09. The summed E-state index contributed by atoms with van der Waals surface area (Å²) < 4.78 is 0. The standard InChI is InChI=1S/C17H21N3O4S/c1-11-10-25-17(18-11)20-6-4-19(5-7-20)9-15(22)12-2-3-14(21)13(8-12)16(23)24/h2-3,8,10,15,21-22H,4-7,9H2,1H3,(H,23,24). The molecule has 3 rings (SSSR count). The smallest absolute Gasteiger partial charge is 0.339 e. The normalized spacial score (nSPS) is 16.8. The van der Waals surface area contributed by atoms with Crippen molar-refractivity contribution in [2.24, 2.45) is 0 Å². The minimum Gasteiger partial charge on any atom is -0.507 e. The van der Waals surface area contributed by atoms with Crippen molar-refractivity contribution in [1.82, 2.24) is 9.88 Å². The summed E-state index contributed by atoms with van der Waals surface area (Å²) in [5.41, 5.74) is 1.33. The Morgan fingerprint density at radius 2 is 2.04 bits per heavy atom. The van der Waals surface area contributed by atoms with E-state index in [4.69, 9.17) is 5.11 Å². The van der Waals surface area contributed by atoms with Crippen LogP contribution in [0.5, 0.6) is 5.75 Å². The van der Waals surface area contributed by atoms with Gasteiger partial charge in [-0.05, 0) is 24.6 Å². The second-order valence-electron chi connectivity index (χ2n) is 6.16. The number of aromatic hydroxyl groups is 1. The summed E-state index contributed by atoms with van der Waals surface area (Å²) in [4.78, 5) is 20.0. The van der Waals surface area contributed by atoms with Gasteiger partial charge in [0.25, 0.3) is 0 Å². The van der Waals surface area contributed by atoms with Crippen LogP contribution in [-0.4, -0.2) is 63.9 Å². The van der Waals surface area contributed by atoms with Gasteiger partial charge in [0.15, 0.2) is 5.13 Å². The van der Waals surface area contributed by atoms with Crippen molar-refractivity contribution < 1.29 is 20.1 Å². The molecule has 2 aromatic rings. The Morgan fingerprint density at radius 1 is 1.32 bits per heavy atom. The first kappa shape index (κ1) is 17.7. The van der Waals surface area contributed by atoms with Gasteiger partial charge in [-0.3, -0.25) is 4.90 Å². The van der Waals surface area contributed by atoms with Crippen molar-refractivity contribution in [2.45, 2.75) is 13.0 Å². The van der Waals surface area contributed by atoms with Gasteiger partial charge in [-0.1, -0.05) is 6.07 Å². The molecule has 0 bridgehead atoms. The fourth-order valence-corrected chi connectivity index (χ4v) is 3.75. The average molecular weight is 363 g/mol. The number of β-amino-alcohol motifs (C(OH)–C–C–N with tert-alkyl or cyclic N) is 1. The maximum atomic E-state index is 11.1. The van der Waals surface area contributed by atoms with E-state index in [0.29, 0.717) is 12.1 Å². The molecule has 0 amide bonds. The number of piperazine rings is 1. The van der Waals surface area contributed by atoms with Gasteiger partial charge in [-0.25, -0.2) is 9.78 Å². The average Bonchev–Trinajstić information content (AvgIpc) is 3.02. The van der Waals surface area contributed by atoms with Crippen LogP contribution in [0.15, 0.2) is 23.6 Å². The minimum atomic E-state index is -1.21. The van der Waals surface area contributed by atoms with Crippen molar-refractivity contribution in [3.63, 3.8) is 0 Å². The van der Waals surface area contributed by atoms with Crippen LogP contribution >= 0.6 is 11.3 Å².